The topological polar surface area (TPSA) is 100 Å². The van der Waals surface area contributed by atoms with Gasteiger partial charge >= 0.3 is 5.97 Å². The van der Waals surface area contributed by atoms with Gasteiger partial charge in [-0.3, -0.25) is 10.1 Å². The molecule has 3 rings (SSSR count). The van der Waals surface area contributed by atoms with Gasteiger partial charge in [-0.25, -0.2) is 14.5 Å². The molecule has 0 saturated heterocycles. The highest BCUT2D eigenvalue weighted by molar-refractivity contribution is 5.92. The summed E-state index contributed by atoms with van der Waals surface area (Å²) < 4.78 is 6.75. The van der Waals surface area contributed by atoms with Crippen molar-refractivity contribution in [2.24, 2.45) is 0 Å². The molecule has 0 radical (unpaired) electrons. The highest BCUT2D eigenvalue weighted by Crippen LogP contribution is 2.21. The van der Waals surface area contributed by atoms with Crippen molar-refractivity contribution >= 4 is 11.7 Å². The average Bonchev–Trinajstić information content (AvgIpc) is 3.09. The van der Waals surface area contributed by atoms with Gasteiger partial charge in [-0.1, -0.05) is 24.3 Å². The molecule has 0 unspecified atom stereocenters. The first-order valence-corrected chi connectivity index (χ1v) is 7.43. The predicted molar refractivity (Wildman–Crippen MR) is 88.3 cm³/mol. The summed E-state index contributed by atoms with van der Waals surface area (Å²) in [6.07, 6.45) is 1.52. The van der Waals surface area contributed by atoms with E-state index >= 15 is 0 Å². The summed E-state index contributed by atoms with van der Waals surface area (Å²) >= 11 is 0. The number of carbonyl (C=O) groups is 1. The molecular formula is C17H14N4O4. The minimum absolute atomic E-state index is 0.124. The number of ether oxygens (including phenoxy) is 1. The van der Waals surface area contributed by atoms with Gasteiger partial charge in [0.1, 0.15) is 6.33 Å². The number of rotatable bonds is 5. The first kappa shape index (κ1) is 16.3. The minimum Gasteiger partial charge on any atom is -0.454 e. The van der Waals surface area contributed by atoms with Gasteiger partial charge in [-0.2, -0.15) is 0 Å². The number of nitro benzene ring substituents is 1. The van der Waals surface area contributed by atoms with Gasteiger partial charge in [-0.15, -0.1) is 5.10 Å². The van der Waals surface area contributed by atoms with E-state index in [2.05, 4.69) is 10.1 Å². The Hall–Kier alpha value is -3.55. The van der Waals surface area contributed by atoms with E-state index in [0.29, 0.717) is 5.82 Å². The zero-order valence-electron chi connectivity index (χ0n) is 13.3. The number of para-hydroxylation sites is 1. The summed E-state index contributed by atoms with van der Waals surface area (Å²) in [5.41, 5.74) is 1.13. The number of benzene rings is 2. The lowest BCUT2D eigenvalue weighted by atomic mass is 10.1. The van der Waals surface area contributed by atoms with E-state index in [1.54, 1.807) is 4.68 Å². The van der Waals surface area contributed by atoms with Gasteiger partial charge < -0.3 is 4.74 Å². The van der Waals surface area contributed by atoms with Crippen LogP contribution in [-0.4, -0.2) is 25.7 Å². The number of esters is 1. The Labute approximate surface area is 142 Å². The van der Waals surface area contributed by atoms with Gasteiger partial charge in [-0.05, 0) is 25.1 Å². The normalized spacial score (nSPS) is 10.4. The predicted octanol–water partition coefficient (Wildman–Crippen LogP) is 2.84. The second-order valence-electron chi connectivity index (χ2n) is 5.22. The first-order valence-electron chi connectivity index (χ1n) is 7.43. The molecule has 0 atom stereocenters. The SMILES string of the molecule is Cc1c(C(=O)OCc2ncn(-c3ccccc3)n2)cccc1[N+](=O)[O-]. The summed E-state index contributed by atoms with van der Waals surface area (Å²) in [7, 11) is 0. The molecule has 0 spiro atoms. The quantitative estimate of drug-likeness (QED) is 0.403. The van der Waals surface area contributed by atoms with Crippen molar-refractivity contribution in [3.8, 4) is 5.69 Å². The Morgan fingerprint density at radius 3 is 2.68 bits per heavy atom. The summed E-state index contributed by atoms with van der Waals surface area (Å²) in [6.45, 7) is 1.39. The molecule has 1 aromatic heterocycles. The Morgan fingerprint density at radius 2 is 1.96 bits per heavy atom. The third kappa shape index (κ3) is 3.52. The molecule has 0 saturated carbocycles. The Morgan fingerprint density at radius 1 is 1.20 bits per heavy atom. The van der Waals surface area contributed by atoms with Crippen LogP contribution in [0.15, 0.2) is 54.9 Å². The first-order chi connectivity index (χ1) is 12.1. The van der Waals surface area contributed by atoms with E-state index in [4.69, 9.17) is 4.74 Å². The van der Waals surface area contributed by atoms with Crippen LogP contribution < -0.4 is 0 Å². The third-order valence-electron chi connectivity index (χ3n) is 3.61. The van der Waals surface area contributed by atoms with Crippen LogP contribution in [0.5, 0.6) is 0 Å². The summed E-state index contributed by atoms with van der Waals surface area (Å²) in [6, 6.07) is 13.7. The number of nitrogens with zero attached hydrogens (tertiary/aromatic N) is 4. The van der Waals surface area contributed by atoms with E-state index in [1.165, 1.54) is 31.5 Å². The fraction of sp³-hybridized carbons (Fsp3) is 0.118. The molecule has 0 amide bonds. The van der Waals surface area contributed by atoms with Crippen molar-refractivity contribution in [1.82, 2.24) is 14.8 Å². The molecule has 0 bridgehead atoms. The zero-order valence-corrected chi connectivity index (χ0v) is 13.3. The van der Waals surface area contributed by atoms with Crippen LogP contribution in [-0.2, 0) is 11.3 Å². The highest BCUT2D eigenvalue weighted by atomic mass is 16.6. The summed E-state index contributed by atoms with van der Waals surface area (Å²) in [4.78, 5) is 26.7. The third-order valence-corrected chi connectivity index (χ3v) is 3.61. The second-order valence-corrected chi connectivity index (χ2v) is 5.22. The maximum absolute atomic E-state index is 12.2. The lowest BCUT2D eigenvalue weighted by molar-refractivity contribution is -0.385. The molecule has 0 fully saturated rings. The number of carbonyl (C=O) groups excluding carboxylic acids is 1. The monoisotopic (exact) mass is 338 g/mol. The molecule has 8 heteroatoms. The maximum Gasteiger partial charge on any atom is 0.339 e. The zero-order chi connectivity index (χ0) is 17.8. The number of aromatic nitrogens is 3. The van der Waals surface area contributed by atoms with Crippen LogP contribution in [0, 0.1) is 17.0 Å². The number of nitro groups is 1. The van der Waals surface area contributed by atoms with Gasteiger partial charge in [0.05, 0.1) is 16.2 Å². The van der Waals surface area contributed by atoms with Crippen molar-refractivity contribution in [2.45, 2.75) is 13.5 Å². The van der Waals surface area contributed by atoms with Crippen LogP contribution >= 0.6 is 0 Å². The standard InChI is InChI=1S/C17H14N4O4/c1-12-14(8-5-9-15(12)21(23)24)17(22)25-10-16-18-11-20(19-16)13-6-3-2-4-7-13/h2-9,11H,10H2,1H3. The fourth-order valence-electron chi connectivity index (χ4n) is 2.32. The van der Waals surface area contributed by atoms with E-state index in [-0.39, 0.29) is 23.4 Å². The van der Waals surface area contributed by atoms with Crippen molar-refractivity contribution in [3.63, 3.8) is 0 Å². The van der Waals surface area contributed by atoms with E-state index in [0.717, 1.165) is 5.69 Å². The second kappa shape index (κ2) is 6.91. The van der Waals surface area contributed by atoms with E-state index in [9.17, 15) is 14.9 Å². The summed E-state index contributed by atoms with van der Waals surface area (Å²) in [5, 5.41) is 15.2. The molecule has 25 heavy (non-hydrogen) atoms. The molecule has 0 aliphatic carbocycles. The molecule has 8 nitrogen and oxygen atoms in total. The van der Waals surface area contributed by atoms with Gasteiger partial charge in [0.15, 0.2) is 12.4 Å². The number of hydrogen-bond donors (Lipinski definition) is 0. The summed E-state index contributed by atoms with van der Waals surface area (Å²) in [5.74, 6) is -0.322. The van der Waals surface area contributed by atoms with Gasteiger partial charge in [0.2, 0.25) is 0 Å². The molecule has 126 valence electrons. The lowest BCUT2D eigenvalue weighted by Crippen LogP contribution is -2.09. The van der Waals surface area contributed by atoms with Crippen molar-refractivity contribution < 1.29 is 14.5 Å². The van der Waals surface area contributed by atoms with Crippen LogP contribution in [0.4, 0.5) is 5.69 Å². The molecule has 0 N–H and O–H groups in total. The van der Waals surface area contributed by atoms with Crippen LogP contribution in [0.3, 0.4) is 0 Å². The molecule has 0 aliphatic rings. The fourth-order valence-corrected chi connectivity index (χ4v) is 2.32. The lowest BCUT2D eigenvalue weighted by Gasteiger charge is -2.06. The van der Waals surface area contributed by atoms with Crippen molar-refractivity contribution in [2.75, 3.05) is 0 Å². The van der Waals surface area contributed by atoms with Gasteiger partial charge in [0.25, 0.3) is 5.69 Å². The minimum atomic E-state index is -0.655. The van der Waals surface area contributed by atoms with Gasteiger partial charge in [0, 0.05) is 11.6 Å². The Balaban J connectivity index is 1.70. The van der Waals surface area contributed by atoms with Crippen LogP contribution in [0.25, 0.3) is 5.69 Å². The van der Waals surface area contributed by atoms with Crippen molar-refractivity contribution in [1.29, 1.82) is 0 Å². The highest BCUT2D eigenvalue weighted by Gasteiger charge is 2.19. The molecule has 3 aromatic rings. The maximum atomic E-state index is 12.2. The van der Waals surface area contributed by atoms with Crippen LogP contribution in [0.1, 0.15) is 21.7 Å². The Bertz CT molecular complexity index is 921. The average molecular weight is 338 g/mol. The van der Waals surface area contributed by atoms with Crippen molar-refractivity contribution in [3.05, 3.63) is 81.9 Å². The number of hydrogen-bond acceptors (Lipinski definition) is 6. The van der Waals surface area contributed by atoms with E-state index in [1.807, 2.05) is 30.3 Å². The molecule has 1 heterocycles. The molecule has 0 aliphatic heterocycles. The smallest absolute Gasteiger partial charge is 0.339 e. The van der Waals surface area contributed by atoms with E-state index < -0.39 is 10.9 Å². The molecular weight excluding hydrogens is 324 g/mol. The molecule has 2 aromatic carbocycles. The Kier molecular flexibility index (Phi) is 4.51. The largest absolute Gasteiger partial charge is 0.454 e. The van der Waals surface area contributed by atoms with Crippen LogP contribution in [0.2, 0.25) is 0 Å².